The van der Waals surface area contributed by atoms with Crippen molar-refractivity contribution in [3.8, 4) is 33.4 Å². The molecule has 0 fully saturated rings. The number of fused-ring (bicyclic) bond motifs is 6. The summed E-state index contributed by atoms with van der Waals surface area (Å²) in [5, 5.41) is 10.3. The van der Waals surface area contributed by atoms with Gasteiger partial charge < -0.3 is 0 Å². The van der Waals surface area contributed by atoms with Crippen molar-refractivity contribution in [2.24, 2.45) is 0 Å². The Bertz CT molecular complexity index is 2440. The van der Waals surface area contributed by atoms with Crippen molar-refractivity contribution in [2.45, 2.75) is 0 Å². The molecule has 43 heavy (non-hydrogen) atoms. The van der Waals surface area contributed by atoms with Gasteiger partial charge in [-0.25, -0.2) is 0 Å². The van der Waals surface area contributed by atoms with E-state index in [1.165, 1.54) is 85.9 Å². The quantitative estimate of drug-likeness (QED) is 0.188. The molecule has 0 amide bonds. The highest BCUT2D eigenvalue weighted by Crippen LogP contribution is 2.46. The first kappa shape index (κ1) is 24.4. The molecular weight excluding hydrogens is 537 g/mol. The first-order chi connectivity index (χ1) is 21.3. The number of thiophene rings is 1. The van der Waals surface area contributed by atoms with Crippen LogP contribution in [0.3, 0.4) is 0 Å². The summed E-state index contributed by atoms with van der Waals surface area (Å²) < 4.78 is 2.67. The molecule has 0 bridgehead atoms. The molecule has 0 aliphatic carbocycles. The fourth-order valence-corrected chi connectivity index (χ4v) is 8.14. The van der Waals surface area contributed by atoms with Crippen LogP contribution in [0.5, 0.6) is 0 Å². The summed E-state index contributed by atoms with van der Waals surface area (Å²) in [7, 11) is 0. The van der Waals surface area contributed by atoms with Gasteiger partial charge in [-0.15, -0.1) is 11.3 Å². The minimum absolute atomic E-state index is 1.25. The summed E-state index contributed by atoms with van der Waals surface area (Å²) in [5.41, 5.74) is 7.66. The maximum absolute atomic E-state index is 2.42. The highest BCUT2D eigenvalue weighted by Gasteiger charge is 2.18. The highest BCUT2D eigenvalue weighted by molar-refractivity contribution is 7.25. The first-order valence-electron chi connectivity index (χ1n) is 14.8. The summed E-state index contributed by atoms with van der Waals surface area (Å²) in [5.74, 6) is 0. The van der Waals surface area contributed by atoms with Crippen molar-refractivity contribution in [3.05, 3.63) is 158 Å². The minimum Gasteiger partial charge on any atom is -0.135 e. The maximum atomic E-state index is 2.42. The van der Waals surface area contributed by atoms with Crippen molar-refractivity contribution in [1.29, 1.82) is 0 Å². The zero-order chi connectivity index (χ0) is 28.3. The second-order valence-corrected chi connectivity index (χ2v) is 12.3. The van der Waals surface area contributed by atoms with E-state index < -0.39 is 0 Å². The van der Waals surface area contributed by atoms with Crippen LogP contribution in [0.15, 0.2) is 158 Å². The first-order valence-corrected chi connectivity index (χ1v) is 15.6. The second-order valence-electron chi connectivity index (χ2n) is 11.2. The molecule has 9 aromatic rings. The summed E-state index contributed by atoms with van der Waals surface area (Å²) in [6, 6.07) is 57.9. The summed E-state index contributed by atoms with van der Waals surface area (Å²) in [6.07, 6.45) is 0. The molecule has 0 nitrogen and oxygen atoms in total. The molecule has 1 heterocycles. The van der Waals surface area contributed by atoms with Crippen LogP contribution in [0, 0.1) is 0 Å². The lowest BCUT2D eigenvalue weighted by Gasteiger charge is -2.19. The summed E-state index contributed by atoms with van der Waals surface area (Å²) in [6.45, 7) is 0. The average Bonchev–Trinajstić information content (AvgIpc) is 3.46. The zero-order valence-corrected chi connectivity index (χ0v) is 24.2. The molecule has 0 aliphatic heterocycles. The van der Waals surface area contributed by atoms with Crippen LogP contribution in [-0.4, -0.2) is 0 Å². The standard InChI is InChI=1S/C42H26S/c1-2-12-28(13-3-1)40-31-15-4-6-17-33(31)41(34-18-7-5-16-32(34)40)35-21-10-14-27-24-25-29(26-37(27)35)30-20-11-23-39-42(30)36-19-8-9-22-38(36)43-39/h1-26H. The van der Waals surface area contributed by atoms with Gasteiger partial charge in [0.15, 0.2) is 0 Å². The topological polar surface area (TPSA) is 0 Å². The van der Waals surface area contributed by atoms with Crippen LogP contribution in [0.1, 0.15) is 0 Å². The zero-order valence-electron chi connectivity index (χ0n) is 23.4. The molecule has 0 aliphatic rings. The van der Waals surface area contributed by atoms with Gasteiger partial charge in [0.25, 0.3) is 0 Å². The van der Waals surface area contributed by atoms with Gasteiger partial charge in [0.1, 0.15) is 0 Å². The number of benzene rings is 8. The van der Waals surface area contributed by atoms with Gasteiger partial charge in [0.05, 0.1) is 0 Å². The van der Waals surface area contributed by atoms with Crippen molar-refractivity contribution in [3.63, 3.8) is 0 Å². The molecule has 1 heteroatoms. The molecule has 0 radical (unpaired) electrons. The van der Waals surface area contributed by atoms with E-state index in [2.05, 4.69) is 158 Å². The van der Waals surface area contributed by atoms with Gasteiger partial charge in [-0.2, -0.15) is 0 Å². The highest BCUT2D eigenvalue weighted by atomic mass is 32.1. The van der Waals surface area contributed by atoms with E-state index >= 15 is 0 Å². The smallest absolute Gasteiger partial charge is 0.0361 e. The van der Waals surface area contributed by atoms with Gasteiger partial charge in [0.2, 0.25) is 0 Å². The van der Waals surface area contributed by atoms with Crippen LogP contribution >= 0.6 is 11.3 Å². The van der Waals surface area contributed by atoms with E-state index in [1.807, 2.05) is 11.3 Å². The Morgan fingerprint density at radius 3 is 1.65 bits per heavy atom. The molecule has 0 unspecified atom stereocenters. The summed E-state index contributed by atoms with van der Waals surface area (Å²) >= 11 is 1.88. The van der Waals surface area contributed by atoms with Crippen LogP contribution in [-0.2, 0) is 0 Å². The average molecular weight is 563 g/mol. The second kappa shape index (κ2) is 9.66. The van der Waals surface area contributed by atoms with E-state index in [0.29, 0.717) is 0 Å². The van der Waals surface area contributed by atoms with Crippen molar-refractivity contribution < 1.29 is 0 Å². The Kier molecular flexibility index (Phi) is 5.47. The molecular formula is C42H26S. The molecule has 0 saturated carbocycles. The fourth-order valence-electron chi connectivity index (χ4n) is 7.01. The monoisotopic (exact) mass is 562 g/mol. The number of rotatable bonds is 3. The molecule has 0 saturated heterocycles. The SMILES string of the molecule is c1ccc(-c2c3ccccc3c(-c3cccc4ccc(-c5cccc6sc7ccccc7c56)cc34)c3ccccc23)cc1. The van der Waals surface area contributed by atoms with E-state index in [4.69, 9.17) is 0 Å². The minimum atomic E-state index is 1.25. The Balaban J connectivity index is 1.37. The van der Waals surface area contributed by atoms with Crippen LogP contribution < -0.4 is 0 Å². The van der Waals surface area contributed by atoms with Crippen molar-refractivity contribution >= 4 is 63.8 Å². The molecule has 0 N–H and O–H groups in total. The van der Waals surface area contributed by atoms with Gasteiger partial charge in [0, 0.05) is 20.2 Å². The van der Waals surface area contributed by atoms with Gasteiger partial charge in [-0.05, 0) is 83.9 Å². The van der Waals surface area contributed by atoms with E-state index in [-0.39, 0.29) is 0 Å². The molecule has 0 spiro atoms. The molecule has 200 valence electrons. The Morgan fingerprint density at radius 1 is 0.326 bits per heavy atom. The summed E-state index contributed by atoms with van der Waals surface area (Å²) in [4.78, 5) is 0. The lowest BCUT2D eigenvalue weighted by molar-refractivity contribution is 1.66. The molecule has 9 rings (SSSR count). The Morgan fingerprint density at radius 2 is 0.907 bits per heavy atom. The third-order valence-electron chi connectivity index (χ3n) is 8.86. The number of hydrogen-bond donors (Lipinski definition) is 0. The Hall–Kier alpha value is -5.24. The van der Waals surface area contributed by atoms with Crippen LogP contribution in [0.4, 0.5) is 0 Å². The third-order valence-corrected chi connectivity index (χ3v) is 9.99. The van der Waals surface area contributed by atoms with Gasteiger partial charge in [-0.3, -0.25) is 0 Å². The molecule has 0 atom stereocenters. The van der Waals surface area contributed by atoms with E-state index in [9.17, 15) is 0 Å². The lowest BCUT2D eigenvalue weighted by Crippen LogP contribution is -1.91. The fraction of sp³-hybridized carbons (Fsp3) is 0. The normalized spacial score (nSPS) is 11.7. The van der Waals surface area contributed by atoms with Crippen LogP contribution in [0.25, 0.3) is 85.9 Å². The van der Waals surface area contributed by atoms with Crippen molar-refractivity contribution in [2.75, 3.05) is 0 Å². The van der Waals surface area contributed by atoms with Gasteiger partial charge in [-0.1, -0.05) is 140 Å². The van der Waals surface area contributed by atoms with Gasteiger partial charge >= 0.3 is 0 Å². The number of hydrogen-bond acceptors (Lipinski definition) is 1. The maximum Gasteiger partial charge on any atom is 0.0361 e. The van der Waals surface area contributed by atoms with Crippen molar-refractivity contribution in [1.82, 2.24) is 0 Å². The lowest BCUT2D eigenvalue weighted by atomic mass is 9.84. The van der Waals surface area contributed by atoms with E-state index in [1.54, 1.807) is 0 Å². The third kappa shape index (κ3) is 3.75. The van der Waals surface area contributed by atoms with Crippen LogP contribution in [0.2, 0.25) is 0 Å². The molecule has 8 aromatic carbocycles. The Labute approximate surface area is 254 Å². The predicted molar refractivity (Wildman–Crippen MR) is 188 cm³/mol. The largest absolute Gasteiger partial charge is 0.135 e. The predicted octanol–water partition coefficient (Wildman–Crippen LogP) is 12.5. The van der Waals surface area contributed by atoms with E-state index in [0.717, 1.165) is 0 Å². The molecule has 1 aromatic heterocycles.